The van der Waals surface area contributed by atoms with E-state index in [1.807, 2.05) is 6.26 Å². The summed E-state index contributed by atoms with van der Waals surface area (Å²) in [7, 11) is -3.70. The number of unbranched alkanes of at least 4 members (excludes halogenated alkanes) is 1. The van der Waals surface area contributed by atoms with Gasteiger partial charge in [-0.2, -0.15) is 11.8 Å². The van der Waals surface area contributed by atoms with Crippen LogP contribution in [0.5, 0.6) is 0 Å². The fourth-order valence-corrected chi connectivity index (χ4v) is 3.63. The summed E-state index contributed by atoms with van der Waals surface area (Å²) in [6, 6.07) is 2.17. The third-order valence-electron chi connectivity index (χ3n) is 2.41. The molecule has 0 spiro atoms. The molecule has 0 bridgehead atoms. The van der Waals surface area contributed by atoms with Crippen molar-refractivity contribution >= 4 is 43.4 Å². The highest BCUT2D eigenvalue weighted by Crippen LogP contribution is 2.25. The van der Waals surface area contributed by atoms with Gasteiger partial charge >= 0.3 is 0 Å². The lowest BCUT2D eigenvalue weighted by Crippen LogP contribution is -2.25. The Labute approximate surface area is 125 Å². The smallest absolute Gasteiger partial charge is 0.242 e. The van der Waals surface area contributed by atoms with Crippen molar-refractivity contribution in [2.75, 3.05) is 24.3 Å². The highest BCUT2D eigenvalue weighted by molar-refractivity contribution is 9.10. The minimum absolute atomic E-state index is 0.0736. The van der Waals surface area contributed by atoms with E-state index in [9.17, 15) is 12.8 Å². The average molecular weight is 371 g/mol. The second-order valence-electron chi connectivity index (χ2n) is 3.90. The summed E-state index contributed by atoms with van der Waals surface area (Å²) in [5.74, 6) is 0.405. The number of nitrogens with one attached hydrogen (secondary N) is 1. The minimum Gasteiger partial charge on any atom is -0.398 e. The zero-order valence-corrected chi connectivity index (χ0v) is 13.7. The van der Waals surface area contributed by atoms with Crippen LogP contribution in [0.25, 0.3) is 0 Å². The number of anilines is 1. The third kappa shape index (κ3) is 4.94. The first-order valence-corrected chi connectivity index (χ1v) is 9.28. The van der Waals surface area contributed by atoms with E-state index in [0.717, 1.165) is 24.7 Å². The Morgan fingerprint density at radius 1 is 1.42 bits per heavy atom. The number of sulfonamides is 1. The van der Waals surface area contributed by atoms with Gasteiger partial charge in [0.05, 0.1) is 10.2 Å². The Bertz CT molecular complexity index is 538. The molecular weight excluding hydrogens is 355 g/mol. The summed E-state index contributed by atoms with van der Waals surface area (Å²) in [5, 5.41) is 0. The standard InChI is InChI=1S/C11H16BrFN2O2S2/c1-18-5-3-2-4-15-19(16,17)11-6-8(12)9(13)7-10(11)14/h6-7,15H,2-5,14H2,1H3. The largest absolute Gasteiger partial charge is 0.398 e. The number of halogens is 2. The predicted octanol–water partition coefficient (Wildman–Crippen LogP) is 2.59. The van der Waals surface area contributed by atoms with Gasteiger partial charge < -0.3 is 5.73 Å². The Kier molecular flexibility index (Phi) is 6.58. The molecule has 1 rings (SSSR count). The van der Waals surface area contributed by atoms with Crippen LogP contribution in [0, 0.1) is 5.82 Å². The molecule has 0 aliphatic rings. The summed E-state index contributed by atoms with van der Waals surface area (Å²) >= 11 is 4.67. The van der Waals surface area contributed by atoms with Crippen LogP contribution < -0.4 is 10.5 Å². The van der Waals surface area contributed by atoms with Crippen LogP contribution in [0.4, 0.5) is 10.1 Å². The molecule has 0 saturated heterocycles. The molecule has 0 aliphatic carbocycles. The van der Waals surface area contributed by atoms with Crippen LogP contribution in [-0.4, -0.2) is 27.0 Å². The van der Waals surface area contributed by atoms with E-state index in [-0.39, 0.29) is 15.1 Å². The highest BCUT2D eigenvalue weighted by Gasteiger charge is 2.19. The molecule has 0 heterocycles. The third-order valence-corrected chi connectivity index (χ3v) is 5.23. The van der Waals surface area contributed by atoms with Crippen molar-refractivity contribution in [2.45, 2.75) is 17.7 Å². The molecular formula is C11H16BrFN2O2S2. The Hall–Kier alpha value is -0.310. The van der Waals surface area contributed by atoms with Gasteiger partial charge in [0.15, 0.2) is 0 Å². The van der Waals surface area contributed by atoms with Crippen molar-refractivity contribution in [1.29, 1.82) is 0 Å². The lowest BCUT2D eigenvalue weighted by atomic mass is 10.3. The molecule has 3 N–H and O–H groups in total. The minimum atomic E-state index is -3.70. The van der Waals surface area contributed by atoms with Gasteiger partial charge in [-0.3, -0.25) is 0 Å². The van der Waals surface area contributed by atoms with Gasteiger partial charge in [-0.05, 0) is 52.9 Å². The first kappa shape index (κ1) is 16.7. The van der Waals surface area contributed by atoms with Gasteiger partial charge in [-0.25, -0.2) is 17.5 Å². The second-order valence-corrected chi connectivity index (χ2v) is 7.48. The van der Waals surface area contributed by atoms with Gasteiger partial charge in [-0.1, -0.05) is 0 Å². The summed E-state index contributed by atoms with van der Waals surface area (Å²) in [5.41, 5.74) is 5.45. The van der Waals surface area contributed by atoms with Crippen molar-refractivity contribution in [1.82, 2.24) is 4.72 Å². The van der Waals surface area contributed by atoms with Crippen LogP contribution in [0.1, 0.15) is 12.8 Å². The van der Waals surface area contributed by atoms with Crippen LogP contribution >= 0.6 is 27.7 Å². The van der Waals surface area contributed by atoms with E-state index in [2.05, 4.69) is 20.7 Å². The van der Waals surface area contributed by atoms with Crippen LogP contribution in [0.15, 0.2) is 21.5 Å². The van der Waals surface area contributed by atoms with Gasteiger partial charge in [-0.15, -0.1) is 0 Å². The van der Waals surface area contributed by atoms with Gasteiger partial charge in [0, 0.05) is 6.54 Å². The number of hydrogen-bond donors (Lipinski definition) is 2. The van der Waals surface area contributed by atoms with Gasteiger partial charge in [0.25, 0.3) is 0 Å². The van der Waals surface area contributed by atoms with Crippen molar-refractivity contribution in [3.8, 4) is 0 Å². The van der Waals surface area contributed by atoms with E-state index in [1.165, 1.54) is 6.07 Å². The number of nitrogen functional groups attached to an aromatic ring is 1. The first-order valence-electron chi connectivity index (χ1n) is 5.61. The Morgan fingerprint density at radius 3 is 2.74 bits per heavy atom. The molecule has 0 aliphatic heterocycles. The van der Waals surface area contributed by atoms with Crippen LogP contribution in [0.2, 0.25) is 0 Å². The second kappa shape index (κ2) is 7.47. The summed E-state index contributed by atoms with van der Waals surface area (Å²) in [4.78, 5) is -0.106. The number of nitrogens with two attached hydrogens (primary N) is 1. The maximum absolute atomic E-state index is 13.2. The van der Waals surface area contributed by atoms with E-state index in [1.54, 1.807) is 11.8 Å². The number of hydrogen-bond acceptors (Lipinski definition) is 4. The molecule has 108 valence electrons. The number of benzene rings is 1. The van der Waals surface area contributed by atoms with Gasteiger partial charge in [0.1, 0.15) is 10.7 Å². The maximum Gasteiger partial charge on any atom is 0.242 e. The molecule has 4 nitrogen and oxygen atoms in total. The molecule has 0 radical (unpaired) electrons. The monoisotopic (exact) mass is 370 g/mol. The molecule has 0 unspecified atom stereocenters. The van der Waals surface area contributed by atoms with Crippen molar-refractivity contribution in [3.63, 3.8) is 0 Å². The molecule has 1 aromatic rings. The number of rotatable bonds is 7. The molecule has 0 fully saturated rings. The molecule has 1 aromatic carbocycles. The van der Waals surface area contributed by atoms with Crippen LogP contribution in [-0.2, 0) is 10.0 Å². The quantitative estimate of drug-likeness (QED) is 0.571. The lowest BCUT2D eigenvalue weighted by Gasteiger charge is -2.10. The SMILES string of the molecule is CSCCCCNS(=O)(=O)c1cc(Br)c(F)cc1N. The maximum atomic E-state index is 13.2. The fraction of sp³-hybridized carbons (Fsp3) is 0.455. The highest BCUT2D eigenvalue weighted by atomic mass is 79.9. The molecule has 8 heteroatoms. The molecule has 0 atom stereocenters. The Balaban J connectivity index is 2.75. The number of thioether (sulfide) groups is 1. The normalized spacial score (nSPS) is 11.7. The summed E-state index contributed by atoms with van der Waals surface area (Å²) < 4.78 is 39.7. The van der Waals surface area contributed by atoms with E-state index in [4.69, 9.17) is 5.73 Å². The average Bonchev–Trinajstić information content (AvgIpc) is 2.33. The van der Waals surface area contributed by atoms with Gasteiger partial charge in [0.2, 0.25) is 10.0 Å². The summed E-state index contributed by atoms with van der Waals surface area (Å²) in [6.45, 7) is 0.345. The zero-order chi connectivity index (χ0) is 14.5. The topological polar surface area (TPSA) is 72.2 Å². The Morgan fingerprint density at radius 2 is 2.11 bits per heavy atom. The molecule has 19 heavy (non-hydrogen) atoms. The molecule has 0 aromatic heterocycles. The lowest BCUT2D eigenvalue weighted by molar-refractivity contribution is 0.578. The zero-order valence-electron chi connectivity index (χ0n) is 10.4. The fourth-order valence-electron chi connectivity index (χ4n) is 1.43. The van der Waals surface area contributed by atoms with E-state index < -0.39 is 15.8 Å². The molecule has 0 saturated carbocycles. The van der Waals surface area contributed by atoms with E-state index >= 15 is 0 Å². The van der Waals surface area contributed by atoms with Crippen LogP contribution in [0.3, 0.4) is 0 Å². The van der Waals surface area contributed by atoms with Crippen molar-refractivity contribution in [3.05, 3.63) is 22.4 Å². The summed E-state index contributed by atoms with van der Waals surface area (Å²) in [6.07, 6.45) is 3.69. The van der Waals surface area contributed by atoms with Crippen molar-refractivity contribution in [2.24, 2.45) is 0 Å². The molecule has 0 amide bonds. The van der Waals surface area contributed by atoms with E-state index in [0.29, 0.717) is 6.54 Å². The predicted molar refractivity (Wildman–Crippen MR) is 81.3 cm³/mol. The van der Waals surface area contributed by atoms with Crippen molar-refractivity contribution < 1.29 is 12.8 Å². The first-order chi connectivity index (χ1) is 8.88.